The van der Waals surface area contributed by atoms with E-state index in [1.54, 1.807) is 55.6 Å². The minimum Gasteiger partial charge on any atom is -0.452 e. The first-order chi connectivity index (χ1) is 15.0. The van der Waals surface area contributed by atoms with Crippen molar-refractivity contribution in [3.8, 4) is 6.07 Å². The van der Waals surface area contributed by atoms with Crippen LogP contribution in [0.5, 0.6) is 0 Å². The van der Waals surface area contributed by atoms with Crippen molar-refractivity contribution in [2.75, 3.05) is 19.0 Å². The zero-order valence-electron chi connectivity index (χ0n) is 17.5. The van der Waals surface area contributed by atoms with Gasteiger partial charge in [-0.05, 0) is 37.1 Å². The Hall–Kier alpha value is -3.66. The highest BCUT2D eigenvalue weighted by Crippen LogP contribution is 2.32. The Morgan fingerprint density at radius 3 is 2.35 bits per heavy atom. The van der Waals surface area contributed by atoms with Gasteiger partial charge in [0.1, 0.15) is 5.54 Å². The van der Waals surface area contributed by atoms with E-state index in [4.69, 9.17) is 4.74 Å². The molecule has 7 nitrogen and oxygen atoms in total. The fourth-order valence-electron chi connectivity index (χ4n) is 3.75. The van der Waals surface area contributed by atoms with Gasteiger partial charge in [0, 0.05) is 12.6 Å². The number of ether oxygens (including phenoxy) is 1. The van der Waals surface area contributed by atoms with Crippen LogP contribution in [-0.2, 0) is 9.53 Å². The third-order valence-corrected chi connectivity index (χ3v) is 5.66. The maximum Gasteiger partial charge on any atom is 0.340 e. The topological polar surface area (TPSA) is 99.5 Å². The highest BCUT2D eigenvalue weighted by Gasteiger charge is 2.39. The molecule has 3 rings (SSSR count). The summed E-state index contributed by atoms with van der Waals surface area (Å²) < 4.78 is 5.23. The number of likely N-dealkylation sites (N-methyl/N-ethyl adjacent to an activating group) is 1. The van der Waals surface area contributed by atoms with Crippen molar-refractivity contribution >= 4 is 23.5 Å². The molecule has 31 heavy (non-hydrogen) atoms. The van der Waals surface area contributed by atoms with Gasteiger partial charge in [-0.2, -0.15) is 5.26 Å². The van der Waals surface area contributed by atoms with Gasteiger partial charge in [-0.3, -0.25) is 9.59 Å². The van der Waals surface area contributed by atoms with Gasteiger partial charge in [0.15, 0.2) is 6.61 Å². The molecule has 2 amide bonds. The molecule has 2 aromatic rings. The molecule has 0 bridgehead atoms. The predicted molar refractivity (Wildman–Crippen MR) is 115 cm³/mol. The van der Waals surface area contributed by atoms with Crippen LogP contribution >= 0.6 is 0 Å². The van der Waals surface area contributed by atoms with Gasteiger partial charge in [-0.25, -0.2) is 4.79 Å². The molecule has 0 spiro atoms. The van der Waals surface area contributed by atoms with Gasteiger partial charge in [0.05, 0.1) is 17.3 Å². The maximum absolute atomic E-state index is 12.6. The van der Waals surface area contributed by atoms with Crippen molar-refractivity contribution in [2.45, 2.75) is 37.6 Å². The molecule has 1 fully saturated rings. The molecule has 2 aromatic carbocycles. The van der Waals surface area contributed by atoms with E-state index < -0.39 is 24.0 Å². The van der Waals surface area contributed by atoms with Crippen molar-refractivity contribution in [1.82, 2.24) is 4.90 Å². The number of rotatable bonds is 6. The van der Waals surface area contributed by atoms with Gasteiger partial charge in [-0.1, -0.05) is 49.6 Å². The lowest BCUT2D eigenvalue weighted by molar-refractivity contribution is -0.138. The Balaban J connectivity index is 1.65. The van der Waals surface area contributed by atoms with Crippen LogP contribution < -0.4 is 5.32 Å². The average molecular weight is 419 g/mol. The largest absolute Gasteiger partial charge is 0.452 e. The minimum absolute atomic E-state index is 0.148. The van der Waals surface area contributed by atoms with E-state index in [1.807, 2.05) is 0 Å². The van der Waals surface area contributed by atoms with Crippen LogP contribution in [0.2, 0.25) is 0 Å². The molecule has 160 valence electrons. The summed E-state index contributed by atoms with van der Waals surface area (Å²) in [5.41, 5.74) is 0.0538. The summed E-state index contributed by atoms with van der Waals surface area (Å²) in [5, 5.41) is 12.3. The van der Waals surface area contributed by atoms with Crippen LogP contribution in [0, 0.1) is 11.3 Å². The number of benzene rings is 2. The second kappa shape index (κ2) is 9.90. The smallest absolute Gasteiger partial charge is 0.340 e. The Kier molecular flexibility index (Phi) is 7.03. The molecule has 0 atom stereocenters. The Bertz CT molecular complexity index is 991. The van der Waals surface area contributed by atoms with E-state index >= 15 is 0 Å². The first kappa shape index (κ1) is 22.0. The summed E-state index contributed by atoms with van der Waals surface area (Å²) in [6.07, 6.45) is 4.06. The number of hydrogen-bond acceptors (Lipinski definition) is 5. The summed E-state index contributed by atoms with van der Waals surface area (Å²) in [6.45, 7) is -0.472. The van der Waals surface area contributed by atoms with Crippen LogP contribution in [0.1, 0.15) is 52.8 Å². The molecule has 1 N–H and O–H groups in total. The molecule has 7 heteroatoms. The predicted octanol–water partition coefficient (Wildman–Crippen LogP) is 3.78. The van der Waals surface area contributed by atoms with E-state index in [2.05, 4.69) is 11.4 Å². The summed E-state index contributed by atoms with van der Waals surface area (Å²) >= 11 is 0. The third-order valence-electron chi connectivity index (χ3n) is 5.66. The van der Waals surface area contributed by atoms with Crippen molar-refractivity contribution in [3.05, 3.63) is 65.7 Å². The van der Waals surface area contributed by atoms with Crippen molar-refractivity contribution < 1.29 is 19.1 Å². The number of esters is 1. The molecule has 1 saturated carbocycles. The molecule has 0 saturated heterocycles. The molecule has 0 radical (unpaired) electrons. The van der Waals surface area contributed by atoms with Gasteiger partial charge in [0.25, 0.3) is 11.8 Å². The number of nitriles is 1. The fourth-order valence-corrected chi connectivity index (χ4v) is 3.75. The van der Waals surface area contributed by atoms with Crippen molar-refractivity contribution in [1.29, 1.82) is 5.26 Å². The monoisotopic (exact) mass is 419 g/mol. The summed E-state index contributed by atoms with van der Waals surface area (Å²) in [7, 11) is 1.58. The second-order valence-electron chi connectivity index (χ2n) is 7.60. The number of carbonyl (C=O) groups is 3. The number of hydrogen-bond donors (Lipinski definition) is 1. The zero-order valence-corrected chi connectivity index (χ0v) is 17.5. The van der Waals surface area contributed by atoms with Crippen LogP contribution in [0.3, 0.4) is 0 Å². The molecular weight excluding hydrogens is 394 g/mol. The normalized spacial score (nSPS) is 14.7. The van der Waals surface area contributed by atoms with E-state index in [0.717, 1.165) is 19.3 Å². The number of anilines is 1. The van der Waals surface area contributed by atoms with Gasteiger partial charge < -0.3 is 15.0 Å². The molecule has 0 aliphatic heterocycles. The van der Waals surface area contributed by atoms with E-state index in [0.29, 0.717) is 24.1 Å². The number of para-hydroxylation sites is 1. The first-order valence-electron chi connectivity index (χ1n) is 10.3. The van der Waals surface area contributed by atoms with Gasteiger partial charge in [0.2, 0.25) is 0 Å². The molecular formula is C24H25N3O4. The Labute approximate surface area is 181 Å². The molecule has 0 heterocycles. The van der Waals surface area contributed by atoms with Crippen LogP contribution in [0.15, 0.2) is 54.6 Å². The van der Waals surface area contributed by atoms with E-state index in [1.165, 1.54) is 11.0 Å². The highest BCUT2D eigenvalue weighted by molar-refractivity contribution is 6.08. The SMILES string of the molecule is CN(C(=O)COC(=O)c1ccccc1NC(=O)c1ccccc1)C1(C#N)CCCCC1. The lowest BCUT2D eigenvalue weighted by Crippen LogP contribution is -2.51. The molecule has 1 aliphatic carbocycles. The van der Waals surface area contributed by atoms with Gasteiger partial charge in [-0.15, -0.1) is 0 Å². The van der Waals surface area contributed by atoms with Crippen molar-refractivity contribution in [3.63, 3.8) is 0 Å². The highest BCUT2D eigenvalue weighted by atomic mass is 16.5. The van der Waals surface area contributed by atoms with Crippen LogP contribution in [-0.4, -0.2) is 41.9 Å². The first-order valence-corrected chi connectivity index (χ1v) is 10.3. The van der Waals surface area contributed by atoms with E-state index in [-0.39, 0.29) is 11.5 Å². The third kappa shape index (κ3) is 5.10. The fraction of sp³-hybridized carbons (Fsp3) is 0.333. The standard InChI is InChI=1S/C24H25N3O4/c1-27(24(17-25)14-8-3-9-15-24)21(28)16-31-23(30)19-12-6-7-13-20(19)26-22(29)18-10-4-2-5-11-18/h2,4-7,10-13H,3,8-9,14-16H2,1H3,(H,26,29). The second-order valence-corrected chi connectivity index (χ2v) is 7.60. The van der Waals surface area contributed by atoms with Crippen molar-refractivity contribution in [2.24, 2.45) is 0 Å². The lowest BCUT2D eigenvalue weighted by Gasteiger charge is -2.38. The number of nitrogens with zero attached hydrogens (tertiary/aromatic N) is 2. The van der Waals surface area contributed by atoms with Crippen LogP contribution in [0.4, 0.5) is 5.69 Å². The van der Waals surface area contributed by atoms with Gasteiger partial charge >= 0.3 is 5.97 Å². The number of nitrogens with one attached hydrogen (secondary N) is 1. The molecule has 0 aromatic heterocycles. The summed E-state index contributed by atoms with van der Waals surface area (Å²) in [6, 6.07) is 17.4. The maximum atomic E-state index is 12.6. The minimum atomic E-state index is -0.844. The number of carbonyl (C=O) groups excluding carboxylic acids is 3. The summed E-state index contributed by atoms with van der Waals surface area (Å²) in [5.74, 6) is -1.51. The molecule has 1 aliphatic rings. The Morgan fingerprint density at radius 1 is 1.03 bits per heavy atom. The number of amides is 2. The molecule has 0 unspecified atom stereocenters. The quantitative estimate of drug-likeness (QED) is 0.719. The zero-order chi connectivity index (χ0) is 22.3. The van der Waals surface area contributed by atoms with E-state index in [9.17, 15) is 19.6 Å². The lowest BCUT2D eigenvalue weighted by atomic mass is 9.81. The Morgan fingerprint density at radius 2 is 1.68 bits per heavy atom. The average Bonchev–Trinajstić information content (AvgIpc) is 2.83. The summed E-state index contributed by atoms with van der Waals surface area (Å²) in [4.78, 5) is 39.1. The van der Waals surface area contributed by atoms with Crippen LogP contribution in [0.25, 0.3) is 0 Å².